The molecule has 1 aromatic heterocycles. The average Bonchev–Trinajstić information content (AvgIpc) is 2.75. The van der Waals surface area contributed by atoms with E-state index in [-0.39, 0.29) is 16.4 Å². The maximum absolute atomic E-state index is 13.1. The second-order valence-electron chi connectivity index (χ2n) is 5.18. The van der Waals surface area contributed by atoms with Gasteiger partial charge in [0.05, 0.1) is 11.3 Å². The number of anilines is 1. The molecule has 0 aliphatic carbocycles. The SMILES string of the molecule is Cc1[nH]c(C)c(S(=O)(=O)Nc2ccc(Cl)cc2C(F)(F)F)c1C(=O)O. The smallest absolute Gasteiger partial charge is 0.418 e. The van der Waals surface area contributed by atoms with Crippen LogP contribution in [0.3, 0.4) is 0 Å². The predicted molar refractivity (Wildman–Crippen MR) is 84.5 cm³/mol. The molecule has 6 nitrogen and oxygen atoms in total. The van der Waals surface area contributed by atoms with Crippen molar-refractivity contribution < 1.29 is 31.5 Å². The van der Waals surface area contributed by atoms with Gasteiger partial charge in [0.15, 0.2) is 0 Å². The number of halogens is 4. The molecule has 1 aromatic carbocycles. The number of rotatable bonds is 4. The number of hydrogen-bond donors (Lipinski definition) is 3. The monoisotopic (exact) mass is 396 g/mol. The Bertz CT molecular complexity index is 952. The molecule has 0 radical (unpaired) electrons. The van der Waals surface area contributed by atoms with Crippen molar-refractivity contribution in [3.05, 3.63) is 45.7 Å². The number of aromatic nitrogens is 1. The van der Waals surface area contributed by atoms with Gasteiger partial charge in [-0.05, 0) is 32.0 Å². The molecule has 0 unspecified atom stereocenters. The Morgan fingerprint density at radius 2 is 1.84 bits per heavy atom. The van der Waals surface area contributed by atoms with Crippen LogP contribution in [-0.4, -0.2) is 24.5 Å². The van der Waals surface area contributed by atoms with Crippen molar-refractivity contribution in [3.63, 3.8) is 0 Å². The van der Waals surface area contributed by atoms with Crippen LogP contribution in [0, 0.1) is 13.8 Å². The largest absolute Gasteiger partial charge is 0.478 e. The summed E-state index contributed by atoms with van der Waals surface area (Å²) >= 11 is 5.55. The summed E-state index contributed by atoms with van der Waals surface area (Å²) in [6.07, 6.45) is -4.86. The third kappa shape index (κ3) is 3.74. The number of hydrogen-bond acceptors (Lipinski definition) is 3. The highest BCUT2D eigenvalue weighted by Gasteiger charge is 2.36. The number of sulfonamides is 1. The Morgan fingerprint density at radius 3 is 2.36 bits per heavy atom. The minimum absolute atomic E-state index is 0.00933. The standard InChI is InChI=1S/C14H12ClF3N2O4S/c1-6-11(13(21)22)12(7(2)19-6)25(23,24)20-10-4-3-8(15)5-9(10)14(16,17)18/h3-5,19-20H,1-2H3,(H,21,22). The Balaban J connectivity index is 2.61. The number of aryl methyl sites for hydroxylation is 2. The number of carboxylic acids is 1. The number of alkyl halides is 3. The zero-order valence-corrected chi connectivity index (χ0v) is 14.4. The van der Waals surface area contributed by atoms with E-state index in [1.54, 1.807) is 4.72 Å². The second kappa shape index (κ2) is 6.26. The van der Waals surface area contributed by atoms with Gasteiger partial charge in [-0.25, -0.2) is 13.2 Å². The molecular formula is C14H12ClF3N2O4S. The van der Waals surface area contributed by atoms with Crippen molar-refractivity contribution in [2.24, 2.45) is 0 Å². The van der Waals surface area contributed by atoms with E-state index in [9.17, 15) is 31.5 Å². The number of aromatic carboxylic acids is 1. The Hall–Kier alpha value is -2.20. The highest BCUT2D eigenvalue weighted by atomic mass is 35.5. The zero-order chi connectivity index (χ0) is 19.2. The highest BCUT2D eigenvalue weighted by molar-refractivity contribution is 7.92. The molecule has 0 spiro atoms. The molecule has 1 heterocycles. The fourth-order valence-corrected chi connectivity index (χ4v) is 4.09. The van der Waals surface area contributed by atoms with Crippen molar-refractivity contribution in [3.8, 4) is 0 Å². The van der Waals surface area contributed by atoms with Gasteiger partial charge in [-0.3, -0.25) is 4.72 Å². The van der Waals surface area contributed by atoms with Gasteiger partial charge >= 0.3 is 12.1 Å². The molecule has 0 atom stereocenters. The molecule has 25 heavy (non-hydrogen) atoms. The zero-order valence-electron chi connectivity index (χ0n) is 12.8. The van der Waals surface area contributed by atoms with E-state index >= 15 is 0 Å². The van der Waals surface area contributed by atoms with Gasteiger partial charge in [0, 0.05) is 16.4 Å². The summed E-state index contributed by atoms with van der Waals surface area (Å²) in [6.45, 7) is 2.65. The maximum atomic E-state index is 13.1. The maximum Gasteiger partial charge on any atom is 0.418 e. The first-order valence-corrected chi connectivity index (χ1v) is 8.52. The van der Waals surface area contributed by atoms with E-state index in [1.165, 1.54) is 13.8 Å². The lowest BCUT2D eigenvalue weighted by atomic mass is 10.2. The van der Waals surface area contributed by atoms with Gasteiger partial charge in [-0.2, -0.15) is 13.2 Å². The molecule has 0 aliphatic rings. The van der Waals surface area contributed by atoms with Crippen LogP contribution in [0.5, 0.6) is 0 Å². The van der Waals surface area contributed by atoms with E-state index in [1.807, 2.05) is 0 Å². The third-order valence-corrected chi connectivity index (χ3v) is 5.10. The topological polar surface area (TPSA) is 99.3 Å². The van der Waals surface area contributed by atoms with Crippen molar-refractivity contribution in [2.75, 3.05) is 4.72 Å². The fraction of sp³-hybridized carbons (Fsp3) is 0.214. The average molecular weight is 397 g/mol. The summed E-state index contributed by atoms with van der Waals surface area (Å²) in [6, 6.07) is 2.52. The van der Waals surface area contributed by atoms with Gasteiger partial charge in [0.2, 0.25) is 0 Å². The molecule has 0 aliphatic heterocycles. The van der Waals surface area contributed by atoms with Gasteiger partial charge in [0.25, 0.3) is 10.0 Å². The second-order valence-corrected chi connectivity index (χ2v) is 7.23. The van der Waals surface area contributed by atoms with Crippen LogP contribution < -0.4 is 4.72 Å². The van der Waals surface area contributed by atoms with Gasteiger partial charge in [-0.1, -0.05) is 11.6 Å². The van der Waals surface area contributed by atoms with E-state index in [2.05, 4.69) is 4.98 Å². The number of carboxylic acid groups (broad SMARTS) is 1. The van der Waals surface area contributed by atoms with E-state index in [4.69, 9.17) is 11.6 Å². The van der Waals surface area contributed by atoms with Crippen molar-refractivity contribution in [1.82, 2.24) is 4.98 Å². The lowest BCUT2D eigenvalue weighted by molar-refractivity contribution is -0.136. The first kappa shape index (κ1) is 19.1. The fourth-order valence-electron chi connectivity index (χ4n) is 2.39. The van der Waals surface area contributed by atoms with E-state index in [0.717, 1.165) is 12.1 Å². The van der Waals surface area contributed by atoms with Crippen LogP contribution in [0.15, 0.2) is 23.1 Å². The number of nitrogens with one attached hydrogen (secondary N) is 2. The first-order valence-electron chi connectivity index (χ1n) is 6.66. The first-order chi connectivity index (χ1) is 11.3. The minimum atomic E-state index is -4.86. The third-order valence-electron chi connectivity index (χ3n) is 3.33. The normalized spacial score (nSPS) is 12.2. The molecule has 0 bridgehead atoms. The molecular weight excluding hydrogens is 385 g/mol. The van der Waals surface area contributed by atoms with Crippen LogP contribution in [0.25, 0.3) is 0 Å². The Kier molecular flexibility index (Phi) is 4.79. The number of aromatic amines is 1. The van der Waals surface area contributed by atoms with Crippen LogP contribution in [0.4, 0.5) is 18.9 Å². The molecule has 0 fully saturated rings. The number of carbonyl (C=O) groups is 1. The molecule has 3 N–H and O–H groups in total. The lowest BCUT2D eigenvalue weighted by Gasteiger charge is -2.15. The van der Waals surface area contributed by atoms with Crippen LogP contribution in [0.2, 0.25) is 5.02 Å². The Morgan fingerprint density at radius 1 is 1.24 bits per heavy atom. The summed E-state index contributed by atoms with van der Waals surface area (Å²) in [5, 5.41) is 8.97. The number of H-pyrrole nitrogens is 1. The summed E-state index contributed by atoms with van der Waals surface area (Å²) in [5.41, 5.74) is -2.52. The van der Waals surface area contributed by atoms with Gasteiger partial charge in [-0.15, -0.1) is 0 Å². The summed E-state index contributed by atoms with van der Waals surface area (Å²) in [7, 11) is -4.60. The van der Waals surface area contributed by atoms with Crippen LogP contribution >= 0.6 is 11.6 Å². The molecule has 136 valence electrons. The summed E-state index contributed by atoms with van der Waals surface area (Å²) in [5.74, 6) is -1.52. The summed E-state index contributed by atoms with van der Waals surface area (Å²) < 4.78 is 66.2. The molecule has 0 saturated heterocycles. The molecule has 0 saturated carbocycles. The lowest BCUT2D eigenvalue weighted by Crippen LogP contribution is -2.19. The van der Waals surface area contributed by atoms with Crippen molar-refractivity contribution >= 4 is 33.3 Å². The van der Waals surface area contributed by atoms with Crippen molar-refractivity contribution in [2.45, 2.75) is 24.9 Å². The molecule has 0 amide bonds. The van der Waals surface area contributed by atoms with Gasteiger partial charge in [0.1, 0.15) is 10.5 Å². The number of benzene rings is 1. The molecule has 11 heteroatoms. The van der Waals surface area contributed by atoms with Crippen LogP contribution in [-0.2, 0) is 16.2 Å². The van der Waals surface area contributed by atoms with Gasteiger partial charge < -0.3 is 10.1 Å². The van der Waals surface area contributed by atoms with Crippen LogP contribution in [0.1, 0.15) is 27.3 Å². The predicted octanol–water partition coefficient (Wildman–Crippen LogP) is 3.80. The Labute approximate surface area is 145 Å². The summed E-state index contributed by atoms with van der Waals surface area (Å²) in [4.78, 5) is 13.3. The minimum Gasteiger partial charge on any atom is -0.478 e. The van der Waals surface area contributed by atoms with Crippen molar-refractivity contribution in [1.29, 1.82) is 0 Å². The molecule has 2 rings (SSSR count). The highest BCUT2D eigenvalue weighted by Crippen LogP contribution is 2.38. The van der Waals surface area contributed by atoms with E-state index in [0.29, 0.717) is 6.07 Å². The van der Waals surface area contributed by atoms with E-state index < -0.39 is 43.9 Å². The molecule has 2 aromatic rings. The quantitative estimate of drug-likeness (QED) is 0.731.